The van der Waals surface area contributed by atoms with Crippen LogP contribution in [0.1, 0.15) is 10.4 Å². The zero-order valence-electron chi connectivity index (χ0n) is 13.9. The number of piperazine rings is 1. The molecule has 6 nitrogen and oxygen atoms in total. The van der Waals surface area contributed by atoms with Gasteiger partial charge in [-0.25, -0.2) is 14.4 Å². The molecule has 1 N–H and O–H groups in total. The topological polar surface area (TPSA) is 61.4 Å². The van der Waals surface area contributed by atoms with Crippen LogP contribution in [0.15, 0.2) is 49.3 Å². The molecule has 0 aliphatic carbocycles. The third-order valence-corrected chi connectivity index (χ3v) is 4.06. The number of rotatable bonds is 5. The highest BCUT2D eigenvalue weighted by Gasteiger charge is 2.23. The van der Waals surface area contributed by atoms with Crippen LogP contribution in [0.4, 0.5) is 16.0 Å². The molecule has 0 saturated carbocycles. The summed E-state index contributed by atoms with van der Waals surface area (Å²) in [6.07, 6.45) is 4.74. The smallest absolute Gasteiger partial charge is 0.257 e. The maximum absolute atomic E-state index is 13.9. The van der Waals surface area contributed by atoms with Crippen LogP contribution >= 0.6 is 0 Å². The van der Waals surface area contributed by atoms with Crippen LogP contribution in [0.5, 0.6) is 0 Å². The van der Waals surface area contributed by atoms with Crippen LogP contribution in [0.25, 0.3) is 0 Å². The fraction of sp³-hybridized carbons (Fsp3) is 0.278. The molecule has 0 radical (unpaired) electrons. The number of nitrogens with zero attached hydrogens (tertiary/aromatic N) is 4. The van der Waals surface area contributed by atoms with Crippen molar-refractivity contribution < 1.29 is 9.18 Å². The normalized spacial score (nSPS) is 14.3. The van der Waals surface area contributed by atoms with E-state index in [4.69, 9.17) is 0 Å². The quantitative estimate of drug-likeness (QED) is 0.845. The third kappa shape index (κ3) is 3.93. The summed E-state index contributed by atoms with van der Waals surface area (Å²) in [4.78, 5) is 24.5. The van der Waals surface area contributed by atoms with E-state index in [1.165, 1.54) is 18.5 Å². The van der Waals surface area contributed by atoms with E-state index < -0.39 is 0 Å². The molecule has 1 aliphatic rings. The van der Waals surface area contributed by atoms with E-state index in [0.29, 0.717) is 49.9 Å². The molecule has 7 heteroatoms. The molecule has 0 bridgehead atoms. The SMILES string of the molecule is C=CCNc1ncc(C(=O)N2CCN(c3ccccc3F)CC2)cn1. The number of benzene rings is 1. The van der Waals surface area contributed by atoms with Crippen molar-refractivity contribution in [3.8, 4) is 0 Å². The molecule has 1 fully saturated rings. The molecule has 1 amide bonds. The van der Waals surface area contributed by atoms with Gasteiger partial charge in [-0.05, 0) is 12.1 Å². The molecule has 2 aromatic rings. The Balaban J connectivity index is 1.60. The number of hydrogen-bond acceptors (Lipinski definition) is 5. The van der Waals surface area contributed by atoms with E-state index >= 15 is 0 Å². The van der Waals surface area contributed by atoms with Crippen molar-refractivity contribution >= 4 is 17.5 Å². The maximum atomic E-state index is 13.9. The molecule has 0 atom stereocenters. The van der Waals surface area contributed by atoms with Gasteiger partial charge in [-0.2, -0.15) is 0 Å². The van der Waals surface area contributed by atoms with E-state index in [0.717, 1.165) is 0 Å². The van der Waals surface area contributed by atoms with Gasteiger partial charge in [0.1, 0.15) is 5.82 Å². The number of carbonyl (C=O) groups is 1. The third-order valence-electron chi connectivity index (χ3n) is 4.06. The van der Waals surface area contributed by atoms with Gasteiger partial charge in [-0.3, -0.25) is 4.79 Å². The lowest BCUT2D eigenvalue weighted by Crippen LogP contribution is -2.49. The van der Waals surface area contributed by atoms with Crippen LogP contribution in [0.3, 0.4) is 0 Å². The Labute approximate surface area is 146 Å². The Morgan fingerprint density at radius 1 is 1.20 bits per heavy atom. The van der Waals surface area contributed by atoms with Crippen LogP contribution in [-0.2, 0) is 0 Å². The summed E-state index contributed by atoms with van der Waals surface area (Å²) >= 11 is 0. The number of para-hydroxylation sites is 1. The predicted molar refractivity (Wildman–Crippen MR) is 95.2 cm³/mol. The molecule has 1 saturated heterocycles. The summed E-state index contributed by atoms with van der Waals surface area (Å²) in [5, 5.41) is 2.96. The van der Waals surface area contributed by atoms with Gasteiger partial charge in [0.2, 0.25) is 5.95 Å². The van der Waals surface area contributed by atoms with E-state index in [1.54, 1.807) is 23.1 Å². The van der Waals surface area contributed by atoms with Crippen LogP contribution < -0.4 is 10.2 Å². The lowest BCUT2D eigenvalue weighted by atomic mass is 10.2. The van der Waals surface area contributed by atoms with Gasteiger partial charge >= 0.3 is 0 Å². The van der Waals surface area contributed by atoms with Crippen molar-refractivity contribution in [2.75, 3.05) is 42.9 Å². The van der Waals surface area contributed by atoms with Crippen molar-refractivity contribution in [3.63, 3.8) is 0 Å². The second kappa shape index (κ2) is 7.74. The standard InChI is InChI=1S/C18H20FN5O/c1-2-7-20-18-21-12-14(13-22-18)17(25)24-10-8-23(9-11-24)16-6-4-3-5-15(16)19/h2-6,12-13H,1,7-11H2,(H,20,21,22). The van der Waals surface area contributed by atoms with Crippen LogP contribution in [-0.4, -0.2) is 53.5 Å². The first kappa shape index (κ1) is 16.9. The van der Waals surface area contributed by atoms with Gasteiger partial charge in [-0.15, -0.1) is 6.58 Å². The molecule has 3 rings (SSSR count). The minimum atomic E-state index is -0.238. The Morgan fingerprint density at radius 2 is 1.88 bits per heavy atom. The van der Waals surface area contributed by atoms with Crippen LogP contribution in [0.2, 0.25) is 0 Å². The first-order chi connectivity index (χ1) is 12.2. The molecule has 1 aromatic carbocycles. The molecule has 2 heterocycles. The lowest BCUT2D eigenvalue weighted by molar-refractivity contribution is 0.0746. The van der Waals surface area contributed by atoms with Crippen molar-refractivity contribution in [1.82, 2.24) is 14.9 Å². The predicted octanol–water partition coefficient (Wildman–Crippen LogP) is 2.18. The molecule has 0 unspecified atom stereocenters. The Bertz CT molecular complexity index is 741. The van der Waals surface area contributed by atoms with Crippen molar-refractivity contribution in [2.24, 2.45) is 0 Å². The average molecular weight is 341 g/mol. The second-order valence-electron chi connectivity index (χ2n) is 5.70. The van der Waals surface area contributed by atoms with Gasteiger partial charge in [0, 0.05) is 45.1 Å². The highest BCUT2D eigenvalue weighted by atomic mass is 19.1. The fourth-order valence-corrected chi connectivity index (χ4v) is 2.73. The summed E-state index contributed by atoms with van der Waals surface area (Å²) < 4.78 is 13.9. The molecule has 0 spiro atoms. The molecule has 1 aromatic heterocycles. The first-order valence-electron chi connectivity index (χ1n) is 8.14. The van der Waals surface area contributed by atoms with Crippen LogP contribution in [0, 0.1) is 5.82 Å². The molecule has 130 valence electrons. The first-order valence-corrected chi connectivity index (χ1v) is 8.14. The number of aromatic nitrogens is 2. The average Bonchev–Trinajstić information content (AvgIpc) is 2.67. The summed E-state index contributed by atoms with van der Waals surface area (Å²) in [5.41, 5.74) is 1.03. The highest BCUT2D eigenvalue weighted by molar-refractivity contribution is 5.93. The number of halogens is 1. The number of anilines is 2. The van der Waals surface area contributed by atoms with Gasteiger partial charge in [0.05, 0.1) is 11.3 Å². The number of nitrogens with one attached hydrogen (secondary N) is 1. The van der Waals surface area contributed by atoms with E-state index in [1.807, 2.05) is 11.0 Å². The van der Waals surface area contributed by atoms with Gasteiger partial charge in [0.15, 0.2) is 0 Å². The van der Waals surface area contributed by atoms with Crippen molar-refractivity contribution in [3.05, 3.63) is 60.7 Å². The number of hydrogen-bond donors (Lipinski definition) is 1. The summed E-state index contributed by atoms with van der Waals surface area (Å²) in [5.74, 6) is 0.113. The largest absolute Gasteiger partial charge is 0.366 e. The summed E-state index contributed by atoms with van der Waals surface area (Å²) in [7, 11) is 0. The Morgan fingerprint density at radius 3 is 2.52 bits per heavy atom. The second-order valence-corrected chi connectivity index (χ2v) is 5.70. The van der Waals surface area contributed by atoms with Crippen molar-refractivity contribution in [1.29, 1.82) is 0 Å². The molecule has 25 heavy (non-hydrogen) atoms. The Kier molecular flexibility index (Phi) is 5.23. The highest BCUT2D eigenvalue weighted by Crippen LogP contribution is 2.20. The van der Waals surface area contributed by atoms with E-state index in [2.05, 4.69) is 21.9 Å². The molecular formula is C18H20FN5O. The molecule has 1 aliphatic heterocycles. The Hall–Kier alpha value is -2.96. The van der Waals surface area contributed by atoms with Gasteiger partial charge < -0.3 is 15.1 Å². The zero-order valence-corrected chi connectivity index (χ0v) is 13.9. The lowest BCUT2D eigenvalue weighted by Gasteiger charge is -2.36. The van der Waals surface area contributed by atoms with Gasteiger partial charge in [0.25, 0.3) is 5.91 Å². The number of amides is 1. The zero-order chi connectivity index (χ0) is 17.6. The number of carbonyl (C=O) groups excluding carboxylic acids is 1. The minimum Gasteiger partial charge on any atom is -0.366 e. The minimum absolute atomic E-state index is 0.108. The maximum Gasteiger partial charge on any atom is 0.257 e. The summed E-state index contributed by atoms with van der Waals surface area (Å²) in [6, 6.07) is 6.70. The molecular weight excluding hydrogens is 321 g/mol. The van der Waals surface area contributed by atoms with Gasteiger partial charge in [-0.1, -0.05) is 18.2 Å². The van der Waals surface area contributed by atoms with Crippen molar-refractivity contribution in [2.45, 2.75) is 0 Å². The van der Waals surface area contributed by atoms with E-state index in [-0.39, 0.29) is 11.7 Å². The monoisotopic (exact) mass is 341 g/mol. The summed E-state index contributed by atoms with van der Waals surface area (Å²) in [6.45, 7) is 6.41. The van der Waals surface area contributed by atoms with E-state index in [9.17, 15) is 9.18 Å². The fourth-order valence-electron chi connectivity index (χ4n) is 2.73.